The molecular weight excluding hydrogens is 268 g/mol. The molecule has 1 aliphatic rings. The van der Waals surface area contributed by atoms with Gasteiger partial charge in [-0.25, -0.2) is 8.78 Å². The van der Waals surface area contributed by atoms with Gasteiger partial charge in [-0.1, -0.05) is 0 Å². The molecule has 1 aliphatic heterocycles. The summed E-state index contributed by atoms with van der Waals surface area (Å²) in [6, 6.07) is 2.20. The molecule has 1 aromatic rings. The van der Waals surface area contributed by atoms with Gasteiger partial charge in [0.25, 0.3) is 0 Å². The van der Waals surface area contributed by atoms with Gasteiger partial charge < -0.3 is 10.1 Å². The van der Waals surface area contributed by atoms with E-state index in [0.29, 0.717) is 23.4 Å². The molecule has 1 saturated heterocycles. The van der Waals surface area contributed by atoms with E-state index >= 15 is 0 Å². The molecule has 0 spiro atoms. The molecule has 1 heterocycles. The van der Waals surface area contributed by atoms with Crippen molar-refractivity contribution < 1.29 is 13.5 Å². The highest BCUT2D eigenvalue weighted by Gasteiger charge is 2.18. The Morgan fingerprint density at radius 2 is 2.20 bits per heavy atom. The van der Waals surface area contributed by atoms with E-state index in [1.54, 1.807) is 0 Å². The van der Waals surface area contributed by atoms with Gasteiger partial charge in [-0.05, 0) is 28.4 Å². The predicted molar refractivity (Wildman–Crippen MR) is 56.9 cm³/mol. The summed E-state index contributed by atoms with van der Waals surface area (Å²) in [6.07, 6.45) is 0.837. The summed E-state index contributed by atoms with van der Waals surface area (Å²) in [4.78, 5) is 0. The van der Waals surface area contributed by atoms with E-state index in [1.165, 1.54) is 6.07 Å². The molecule has 0 amide bonds. The van der Waals surface area contributed by atoms with E-state index in [0.717, 1.165) is 12.5 Å². The van der Waals surface area contributed by atoms with E-state index in [1.807, 2.05) is 0 Å². The molecule has 5 heteroatoms. The maximum atomic E-state index is 13.4. The Balaban J connectivity index is 2.19. The van der Waals surface area contributed by atoms with Gasteiger partial charge in [0.05, 0.1) is 18.3 Å². The molecule has 0 bridgehead atoms. The van der Waals surface area contributed by atoms with Crippen LogP contribution >= 0.6 is 15.9 Å². The minimum absolute atomic E-state index is 0.0984. The average Bonchev–Trinajstić information content (AvgIpc) is 2.63. The summed E-state index contributed by atoms with van der Waals surface area (Å²) in [6.45, 7) is 1.24. The summed E-state index contributed by atoms with van der Waals surface area (Å²) in [5.74, 6) is -1.18. The van der Waals surface area contributed by atoms with Crippen LogP contribution in [-0.2, 0) is 4.74 Å². The fourth-order valence-corrected chi connectivity index (χ4v) is 2.06. The van der Waals surface area contributed by atoms with Crippen LogP contribution in [0.3, 0.4) is 0 Å². The second-order valence-corrected chi connectivity index (χ2v) is 4.30. The van der Waals surface area contributed by atoms with Crippen molar-refractivity contribution in [3.63, 3.8) is 0 Å². The minimum Gasteiger partial charge on any atom is -0.379 e. The first kappa shape index (κ1) is 10.8. The van der Waals surface area contributed by atoms with Crippen LogP contribution in [0.25, 0.3) is 0 Å². The average molecular weight is 278 g/mol. The minimum atomic E-state index is -0.590. The van der Waals surface area contributed by atoms with Gasteiger partial charge in [-0.2, -0.15) is 0 Å². The topological polar surface area (TPSA) is 21.3 Å². The van der Waals surface area contributed by atoms with E-state index in [9.17, 15) is 8.78 Å². The first-order chi connectivity index (χ1) is 7.16. The number of rotatable bonds is 2. The molecule has 0 saturated carbocycles. The van der Waals surface area contributed by atoms with Crippen molar-refractivity contribution in [2.24, 2.45) is 0 Å². The number of anilines is 1. The first-order valence-electron chi connectivity index (χ1n) is 4.65. The third-order valence-electron chi connectivity index (χ3n) is 2.29. The fraction of sp³-hybridized carbons (Fsp3) is 0.400. The third-order valence-corrected chi connectivity index (χ3v) is 2.91. The van der Waals surface area contributed by atoms with E-state index in [2.05, 4.69) is 21.2 Å². The number of nitrogens with one attached hydrogen (secondary N) is 1. The molecule has 1 atom stereocenters. The molecule has 1 fully saturated rings. The standard InChI is InChI=1S/C10H10BrF2NO/c11-8-3-6(12)4-9(13)10(8)14-7-1-2-15-5-7/h3-4,7,14H,1-2,5H2. The SMILES string of the molecule is Fc1cc(F)c(NC2CCOC2)c(Br)c1. The summed E-state index contributed by atoms with van der Waals surface area (Å²) in [5.41, 5.74) is 0.298. The van der Waals surface area contributed by atoms with Crippen LogP contribution in [0.1, 0.15) is 6.42 Å². The normalized spacial score (nSPS) is 20.6. The number of benzene rings is 1. The van der Waals surface area contributed by atoms with Gasteiger partial charge in [0.1, 0.15) is 11.6 Å². The van der Waals surface area contributed by atoms with Crippen molar-refractivity contribution in [3.8, 4) is 0 Å². The Morgan fingerprint density at radius 1 is 1.40 bits per heavy atom. The predicted octanol–water partition coefficient (Wildman–Crippen LogP) is 2.93. The van der Waals surface area contributed by atoms with Gasteiger partial charge in [-0.15, -0.1) is 0 Å². The fourth-order valence-electron chi connectivity index (χ4n) is 1.53. The van der Waals surface area contributed by atoms with Crippen molar-refractivity contribution >= 4 is 21.6 Å². The van der Waals surface area contributed by atoms with Gasteiger partial charge in [-0.3, -0.25) is 0 Å². The lowest BCUT2D eigenvalue weighted by molar-refractivity contribution is 0.195. The summed E-state index contributed by atoms with van der Waals surface area (Å²) >= 11 is 3.12. The second-order valence-electron chi connectivity index (χ2n) is 3.45. The lowest BCUT2D eigenvalue weighted by Gasteiger charge is -2.14. The highest BCUT2D eigenvalue weighted by atomic mass is 79.9. The Kier molecular flexibility index (Phi) is 3.21. The Labute approximate surface area is 94.7 Å². The van der Waals surface area contributed by atoms with Gasteiger partial charge in [0.2, 0.25) is 0 Å². The maximum absolute atomic E-state index is 13.4. The van der Waals surface area contributed by atoms with Crippen LogP contribution in [0.5, 0.6) is 0 Å². The summed E-state index contributed by atoms with van der Waals surface area (Å²) < 4.78 is 31.7. The van der Waals surface area contributed by atoms with Crippen LogP contribution in [0.2, 0.25) is 0 Å². The largest absolute Gasteiger partial charge is 0.379 e. The molecule has 2 nitrogen and oxygen atoms in total. The smallest absolute Gasteiger partial charge is 0.150 e. The molecule has 82 valence electrons. The van der Waals surface area contributed by atoms with Gasteiger partial charge in [0.15, 0.2) is 0 Å². The Bertz CT molecular complexity index is 343. The van der Waals surface area contributed by atoms with Crippen molar-refractivity contribution in [2.75, 3.05) is 18.5 Å². The summed E-state index contributed by atoms with van der Waals surface area (Å²) in [7, 11) is 0. The zero-order chi connectivity index (χ0) is 10.8. The zero-order valence-corrected chi connectivity index (χ0v) is 9.48. The van der Waals surface area contributed by atoms with Gasteiger partial charge >= 0.3 is 0 Å². The second kappa shape index (κ2) is 4.45. The van der Waals surface area contributed by atoms with Crippen LogP contribution < -0.4 is 5.32 Å². The van der Waals surface area contributed by atoms with Crippen LogP contribution in [0.4, 0.5) is 14.5 Å². The van der Waals surface area contributed by atoms with Gasteiger partial charge in [0, 0.05) is 17.1 Å². The number of halogens is 3. The van der Waals surface area contributed by atoms with E-state index in [4.69, 9.17) is 4.74 Å². The van der Waals surface area contributed by atoms with E-state index < -0.39 is 11.6 Å². The van der Waals surface area contributed by atoms with Crippen molar-refractivity contribution in [2.45, 2.75) is 12.5 Å². The molecule has 2 rings (SSSR count). The van der Waals surface area contributed by atoms with Crippen molar-refractivity contribution in [1.29, 1.82) is 0 Å². The molecular formula is C10H10BrF2NO. The number of hydrogen-bond acceptors (Lipinski definition) is 2. The highest BCUT2D eigenvalue weighted by molar-refractivity contribution is 9.10. The molecule has 0 aliphatic carbocycles. The van der Waals surface area contributed by atoms with Crippen molar-refractivity contribution in [1.82, 2.24) is 0 Å². The van der Waals surface area contributed by atoms with Crippen LogP contribution in [0.15, 0.2) is 16.6 Å². The molecule has 1 aromatic carbocycles. The zero-order valence-electron chi connectivity index (χ0n) is 7.90. The maximum Gasteiger partial charge on any atom is 0.150 e. The highest BCUT2D eigenvalue weighted by Crippen LogP contribution is 2.28. The molecule has 1 N–H and O–H groups in total. The number of ether oxygens (including phenoxy) is 1. The monoisotopic (exact) mass is 277 g/mol. The van der Waals surface area contributed by atoms with Crippen LogP contribution in [0, 0.1) is 11.6 Å². The molecule has 15 heavy (non-hydrogen) atoms. The Morgan fingerprint density at radius 3 is 2.80 bits per heavy atom. The summed E-state index contributed by atoms with van der Waals surface area (Å²) in [5, 5.41) is 2.99. The lowest BCUT2D eigenvalue weighted by Crippen LogP contribution is -2.20. The molecule has 0 radical (unpaired) electrons. The number of hydrogen-bond donors (Lipinski definition) is 1. The quantitative estimate of drug-likeness (QED) is 0.898. The molecule has 0 aromatic heterocycles. The third kappa shape index (κ3) is 2.46. The first-order valence-corrected chi connectivity index (χ1v) is 5.45. The lowest BCUT2D eigenvalue weighted by atomic mass is 10.2. The Hall–Kier alpha value is -0.680. The van der Waals surface area contributed by atoms with E-state index in [-0.39, 0.29) is 6.04 Å². The van der Waals surface area contributed by atoms with Crippen molar-refractivity contribution in [3.05, 3.63) is 28.2 Å². The van der Waals surface area contributed by atoms with Crippen LogP contribution in [-0.4, -0.2) is 19.3 Å². The molecule has 1 unspecified atom stereocenters.